The third-order valence-corrected chi connectivity index (χ3v) is 5.54. The smallest absolute Gasteiger partial charge is 0.229 e. The molecule has 0 aliphatic carbocycles. The summed E-state index contributed by atoms with van der Waals surface area (Å²) in [6.45, 7) is 5.31. The number of Topliss-reactive ketones (excluding diaryl/α,β-unsaturated/α-hetero) is 1. The van der Waals surface area contributed by atoms with Crippen LogP contribution < -0.4 is 4.72 Å². The second-order valence-corrected chi connectivity index (χ2v) is 7.89. The number of ether oxygens (including phenoxy) is 1. The van der Waals surface area contributed by atoms with Crippen molar-refractivity contribution in [3.8, 4) is 0 Å². The van der Waals surface area contributed by atoms with E-state index < -0.39 is 5.60 Å². The Morgan fingerprint density at radius 2 is 1.85 bits per heavy atom. The Bertz CT molecular complexity index is 922. The minimum atomic E-state index is -0.935. The van der Waals surface area contributed by atoms with Crippen molar-refractivity contribution in [1.82, 2.24) is 4.72 Å². The molecule has 0 bridgehead atoms. The Hall–Kier alpha value is -2.24. The van der Waals surface area contributed by atoms with Crippen LogP contribution in [0.15, 0.2) is 53.4 Å². The van der Waals surface area contributed by atoms with Crippen molar-refractivity contribution >= 4 is 46.6 Å². The molecule has 140 valence electrons. The first-order valence-corrected chi connectivity index (χ1v) is 9.82. The van der Waals surface area contributed by atoms with Gasteiger partial charge in [-0.15, -0.1) is 0 Å². The van der Waals surface area contributed by atoms with Crippen LogP contribution in [0.25, 0.3) is 11.3 Å². The van der Waals surface area contributed by atoms with Crippen LogP contribution in [0.5, 0.6) is 0 Å². The summed E-state index contributed by atoms with van der Waals surface area (Å²) < 4.78 is 8.75. The molecule has 0 aromatic heterocycles. The van der Waals surface area contributed by atoms with Crippen molar-refractivity contribution in [2.75, 3.05) is 0 Å². The fraction of sp³-hybridized carbons (Fsp3) is 0.238. The van der Waals surface area contributed by atoms with E-state index in [4.69, 9.17) is 16.3 Å². The first kappa shape index (κ1) is 19.5. The Balaban J connectivity index is 2.00. The SMILES string of the molecule is CCC(=O)NSc1ccc(C2=C(c3ccccc3)C(=O)C(C)(C)O2)cc1Cl. The average Bonchev–Trinajstić information content (AvgIpc) is 2.90. The predicted octanol–water partition coefficient (Wildman–Crippen LogP) is 5.12. The van der Waals surface area contributed by atoms with Gasteiger partial charge in [0.05, 0.1) is 10.6 Å². The van der Waals surface area contributed by atoms with Gasteiger partial charge in [0.1, 0.15) is 5.76 Å². The van der Waals surface area contributed by atoms with E-state index in [0.29, 0.717) is 22.8 Å². The van der Waals surface area contributed by atoms with E-state index in [-0.39, 0.29) is 11.7 Å². The van der Waals surface area contributed by atoms with E-state index in [1.807, 2.05) is 42.5 Å². The van der Waals surface area contributed by atoms with Gasteiger partial charge in [0, 0.05) is 16.9 Å². The number of carbonyl (C=O) groups is 2. The molecule has 0 saturated heterocycles. The van der Waals surface area contributed by atoms with Crippen molar-refractivity contribution in [2.45, 2.75) is 37.7 Å². The van der Waals surface area contributed by atoms with Gasteiger partial charge in [0.2, 0.25) is 11.7 Å². The number of hydrogen-bond acceptors (Lipinski definition) is 4. The van der Waals surface area contributed by atoms with Gasteiger partial charge >= 0.3 is 0 Å². The molecule has 1 aliphatic rings. The highest BCUT2D eigenvalue weighted by Crippen LogP contribution is 2.42. The molecule has 2 aromatic carbocycles. The summed E-state index contributed by atoms with van der Waals surface area (Å²) in [4.78, 5) is 25.1. The largest absolute Gasteiger partial charge is 0.478 e. The van der Waals surface area contributed by atoms with Crippen molar-refractivity contribution in [1.29, 1.82) is 0 Å². The summed E-state index contributed by atoms with van der Waals surface area (Å²) in [5.41, 5.74) is 1.16. The molecule has 0 spiro atoms. The molecular weight excluding hydrogens is 382 g/mol. The van der Waals surface area contributed by atoms with E-state index in [9.17, 15) is 9.59 Å². The molecule has 27 heavy (non-hydrogen) atoms. The minimum absolute atomic E-state index is 0.0616. The fourth-order valence-corrected chi connectivity index (χ4v) is 3.69. The quantitative estimate of drug-likeness (QED) is 0.706. The van der Waals surface area contributed by atoms with E-state index in [1.165, 1.54) is 11.9 Å². The third-order valence-electron chi connectivity index (χ3n) is 4.21. The summed E-state index contributed by atoms with van der Waals surface area (Å²) in [6, 6.07) is 14.9. The Morgan fingerprint density at radius 1 is 1.15 bits per heavy atom. The van der Waals surface area contributed by atoms with Gasteiger partial charge in [0.25, 0.3) is 0 Å². The van der Waals surface area contributed by atoms with Crippen LogP contribution in [0.2, 0.25) is 5.02 Å². The first-order valence-electron chi connectivity index (χ1n) is 8.62. The summed E-state index contributed by atoms with van der Waals surface area (Å²) in [5.74, 6) is 0.390. The zero-order valence-electron chi connectivity index (χ0n) is 15.3. The van der Waals surface area contributed by atoms with Crippen LogP contribution in [0.4, 0.5) is 0 Å². The fourth-order valence-electron chi connectivity index (χ4n) is 2.74. The molecule has 1 amide bonds. The second kappa shape index (κ2) is 7.79. The highest BCUT2D eigenvalue weighted by Gasteiger charge is 2.42. The summed E-state index contributed by atoms with van der Waals surface area (Å²) in [7, 11) is 0. The number of rotatable bonds is 5. The molecule has 0 saturated carbocycles. The molecule has 1 aliphatic heterocycles. The number of carbonyl (C=O) groups excluding carboxylic acids is 2. The van der Waals surface area contributed by atoms with Gasteiger partial charge in [-0.3, -0.25) is 14.3 Å². The van der Waals surface area contributed by atoms with Gasteiger partial charge in [-0.2, -0.15) is 0 Å². The van der Waals surface area contributed by atoms with Crippen LogP contribution >= 0.6 is 23.5 Å². The van der Waals surface area contributed by atoms with Crippen LogP contribution in [-0.4, -0.2) is 17.3 Å². The molecule has 2 aromatic rings. The predicted molar refractivity (Wildman–Crippen MR) is 109 cm³/mol. The lowest BCUT2D eigenvalue weighted by Gasteiger charge is -2.18. The lowest BCUT2D eigenvalue weighted by molar-refractivity contribution is -0.125. The minimum Gasteiger partial charge on any atom is -0.478 e. The molecule has 0 atom stereocenters. The monoisotopic (exact) mass is 401 g/mol. The maximum atomic E-state index is 12.9. The van der Waals surface area contributed by atoms with Gasteiger partial charge in [-0.25, -0.2) is 0 Å². The normalized spacial score (nSPS) is 15.6. The number of amides is 1. The third kappa shape index (κ3) is 4.04. The summed E-state index contributed by atoms with van der Waals surface area (Å²) in [6.07, 6.45) is 0.404. The zero-order chi connectivity index (χ0) is 19.6. The van der Waals surface area contributed by atoms with Crippen LogP contribution in [0.1, 0.15) is 38.3 Å². The van der Waals surface area contributed by atoms with Crippen molar-refractivity contribution in [3.05, 3.63) is 64.7 Å². The summed E-state index contributed by atoms with van der Waals surface area (Å²) in [5, 5.41) is 0.481. The second-order valence-electron chi connectivity index (χ2n) is 6.64. The van der Waals surface area contributed by atoms with Gasteiger partial charge in [-0.05, 0) is 49.6 Å². The van der Waals surface area contributed by atoms with Crippen LogP contribution in [-0.2, 0) is 14.3 Å². The van der Waals surface area contributed by atoms with E-state index in [2.05, 4.69) is 4.72 Å². The van der Waals surface area contributed by atoms with Crippen molar-refractivity contribution in [2.24, 2.45) is 0 Å². The Morgan fingerprint density at radius 3 is 2.48 bits per heavy atom. The Kier molecular flexibility index (Phi) is 5.63. The average molecular weight is 402 g/mol. The highest BCUT2D eigenvalue weighted by atomic mass is 35.5. The molecule has 1 N–H and O–H groups in total. The number of ketones is 1. The van der Waals surface area contributed by atoms with Crippen LogP contribution in [0.3, 0.4) is 0 Å². The molecule has 0 unspecified atom stereocenters. The van der Waals surface area contributed by atoms with Crippen molar-refractivity contribution in [3.63, 3.8) is 0 Å². The van der Waals surface area contributed by atoms with E-state index in [1.54, 1.807) is 26.8 Å². The number of halogens is 1. The topological polar surface area (TPSA) is 55.4 Å². The zero-order valence-corrected chi connectivity index (χ0v) is 16.9. The van der Waals surface area contributed by atoms with Gasteiger partial charge < -0.3 is 4.74 Å². The van der Waals surface area contributed by atoms with E-state index in [0.717, 1.165) is 16.0 Å². The molecule has 4 nitrogen and oxygen atoms in total. The van der Waals surface area contributed by atoms with Gasteiger partial charge in [-0.1, -0.05) is 48.9 Å². The summed E-state index contributed by atoms with van der Waals surface area (Å²) >= 11 is 7.57. The lowest BCUT2D eigenvalue weighted by Crippen LogP contribution is -2.29. The number of benzene rings is 2. The molecule has 3 rings (SSSR count). The molecule has 0 radical (unpaired) electrons. The molecule has 1 heterocycles. The van der Waals surface area contributed by atoms with E-state index >= 15 is 0 Å². The van der Waals surface area contributed by atoms with Gasteiger partial charge in [0.15, 0.2) is 5.60 Å². The molecule has 0 fully saturated rings. The van der Waals surface area contributed by atoms with Crippen LogP contribution in [0, 0.1) is 0 Å². The maximum absolute atomic E-state index is 12.9. The Labute approximate surface area is 168 Å². The maximum Gasteiger partial charge on any atom is 0.229 e. The first-order chi connectivity index (χ1) is 12.8. The number of nitrogens with one attached hydrogen (secondary N) is 1. The molecular formula is C21H20ClNO3S. The number of hydrogen-bond donors (Lipinski definition) is 1. The standard InChI is InChI=1S/C21H20ClNO3S/c1-4-17(24)23-27-16-11-10-14(12-15(16)22)19-18(13-8-6-5-7-9-13)20(25)21(2,3)26-19/h5-12H,4H2,1-3H3,(H,23,24). The molecule has 6 heteroatoms. The van der Waals surface area contributed by atoms with Crippen molar-refractivity contribution < 1.29 is 14.3 Å². The highest BCUT2D eigenvalue weighted by molar-refractivity contribution is 7.98. The lowest BCUT2D eigenvalue weighted by atomic mass is 9.93.